The van der Waals surface area contributed by atoms with Crippen molar-refractivity contribution in [1.29, 1.82) is 0 Å². The van der Waals surface area contributed by atoms with Crippen LogP contribution in [0, 0.1) is 13.8 Å². The molecule has 1 aromatic heterocycles. The van der Waals surface area contributed by atoms with Crippen LogP contribution in [0.2, 0.25) is 0 Å². The number of hydrogen-bond donors (Lipinski definition) is 2. The van der Waals surface area contributed by atoms with Gasteiger partial charge in [0.2, 0.25) is 5.91 Å². The zero-order valence-corrected chi connectivity index (χ0v) is 13.0. The number of hydrogen-bond acceptors (Lipinski definition) is 4. The van der Waals surface area contributed by atoms with Gasteiger partial charge in [0.1, 0.15) is 18.4 Å². The minimum atomic E-state index is -0.390. The number of aryl methyl sites for hydroxylation is 2. The van der Waals surface area contributed by atoms with Crippen LogP contribution in [-0.2, 0) is 4.79 Å². The first kappa shape index (κ1) is 16.0. The molecule has 1 atom stereocenters. The van der Waals surface area contributed by atoms with Gasteiger partial charge in [-0.05, 0) is 51.1 Å². The number of carbonyl (C=O) groups is 1. The fourth-order valence-corrected chi connectivity index (χ4v) is 2.19. The lowest BCUT2D eigenvalue weighted by atomic mass is 10.2. The van der Waals surface area contributed by atoms with Gasteiger partial charge in [0, 0.05) is 11.4 Å². The molecule has 2 rings (SSSR count). The number of ether oxygens (including phenoxy) is 1. The summed E-state index contributed by atoms with van der Waals surface area (Å²) in [7, 11) is 0. The molecule has 1 amide bonds. The van der Waals surface area contributed by atoms with Gasteiger partial charge in [0.25, 0.3) is 0 Å². The summed E-state index contributed by atoms with van der Waals surface area (Å²) in [6, 6.07) is 8.58. The lowest BCUT2D eigenvalue weighted by molar-refractivity contribution is -0.119. The molecule has 22 heavy (non-hydrogen) atoms. The maximum Gasteiger partial charge on any atom is 0.248 e. The van der Waals surface area contributed by atoms with Crippen molar-refractivity contribution in [2.45, 2.75) is 26.8 Å². The second-order valence-electron chi connectivity index (χ2n) is 5.13. The number of nitrogens with zero attached hydrogens (tertiary/aromatic N) is 2. The monoisotopic (exact) mass is 303 g/mol. The van der Waals surface area contributed by atoms with E-state index in [2.05, 4.69) is 10.4 Å². The Hall–Kier alpha value is -2.34. The third-order valence-corrected chi connectivity index (χ3v) is 3.27. The van der Waals surface area contributed by atoms with Crippen LogP contribution in [0.25, 0.3) is 0 Å². The van der Waals surface area contributed by atoms with Crippen molar-refractivity contribution in [3.63, 3.8) is 0 Å². The van der Waals surface area contributed by atoms with Gasteiger partial charge in [-0.15, -0.1) is 0 Å². The molecule has 118 valence electrons. The second-order valence-corrected chi connectivity index (χ2v) is 5.13. The van der Waals surface area contributed by atoms with Gasteiger partial charge in [-0.2, -0.15) is 5.10 Å². The number of aliphatic hydroxyl groups excluding tert-OH is 1. The van der Waals surface area contributed by atoms with Crippen LogP contribution >= 0.6 is 0 Å². The van der Waals surface area contributed by atoms with Gasteiger partial charge in [0.05, 0.1) is 12.3 Å². The van der Waals surface area contributed by atoms with Crippen LogP contribution < -0.4 is 10.1 Å². The average molecular weight is 303 g/mol. The average Bonchev–Trinajstić information content (AvgIpc) is 2.84. The quantitative estimate of drug-likeness (QED) is 0.856. The van der Waals surface area contributed by atoms with Crippen molar-refractivity contribution in [2.75, 3.05) is 18.5 Å². The van der Waals surface area contributed by atoms with E-state index in [4.69, 9.17) is 9.84 Å². The van der Waals surface area contributed by atoms with Crippen LogP contribution in [-0.4, -0.2) is 34.0 Å². The lowest BCUT2D eigenvalue weighted by Crippen LogP contribution is -2.25. The minimum absolute atomic E-state index is 0.0291. The van der Waals surface area contributed by atoms with Crippen LogP contribution in [0.4, 0.5) is 5.69 Å². The lowest BCUT2D eigenvalue weighted by Gasteiger charge is -2.14. The minimum Gasteiger partial charge on any atom is -0.491 e. The van der Waals surface area contributed by atoms with E-state index in [1.807, 2.05) is 26.8 Å². The third-order valence-electron chi connectivity index (χ3n) is 3.27. The standard InChI is InChI=1S/C16H21N3O3/c1-11-10-12(2)19(18-11)13(3)16(21)17-14-4-6-15(7-5-14)22-9-8-20/h4-7,10,13,20H,8-9H2,1-3H3,(H,17,21). The highest BCUT2D eigenvalue weighted by atomic mass is 16.5. The first-order valence-electron chi connectivity index (χ1n) is 7.18. The van der Waals surface area contributed by atoms with Gasteiger partial charge in [0.15, 0.2) is 0 Å². The fourth-order valence-electron chi connectivity index (χ4n) is 2.19. The number of carbonyl (C=O) groups excluding carboxylic acids is 1. The molecule has 6 heteroatoms. The highest BCUT2D eigenvalue weighted by molar-refractivity contribution is 5.93. The van der Waals surface area contributed by atoms with E-state index in [9.17, 15) is 4.79 Å². The maximum atomic E-state index is 12.3. The summed E-state index contributed by atoms with van der Waals surface area (Å²) in [5.74, 6) is 0.522. The molecule has 2 aromatic rings. The number of rotatable bonds is 6. The number of anilines is 1. The molecule has 0 fully saturated rings. The second kappa shape index (κ2) is 7.09. The van der Waals surface area contributed by atoms with Gasteiger partial charge in [-0.3, -0.25) is 9.48 Å². The summed E-state index contributed by atoms with van der Waals surface area (Å²) >= 11 is 0. The fraction of sp³-hybridized carbons (Fsp3) is 0.375. The molecule has 0 saturated heterocycles. The van der Waals surface area contributed by atoms with E-state index in [0.717, 1.165) is 11.4 Å². The molecule has 0 radical (unpaired) electrons. The molecule has 0 saturated carbocycles. The molecule has 1 unspecified atom stereocenters. The first-order valence-corrected chi connectivity index (χ1v) is 7.18. The molecule has 1 heterocycles. The highest BCUT2D eigenvalue weighted by Crippen LogP contribution is 2.18. The Bertz CT molecular complexity index is 635. The van der Waals surface area contributed by atoms with Gasteiger partial charge in [-0.25, -0.2) is 0 Å². The SMILES string of the molecule is Cc1cc(C)n(C(C)C(=O)Nc2ccc(OCCO)cc2)n1. The molecule has 0 spiro atoms. The molecular formula is C16H21N3O3. The summed E-state index contributed by atoms with van der Waals surface area (Å²) < 4.78 is 6.99. The van der Waals surface area contributed by atoms with Crippen molar-refractivity contribution in [1.82, 2.24) is 9.78 Å². The van der Waals surface area contributed by atoms with Crippen molar-refractivity contribution in [3.8, 4) is 5.75 Å². The van der Waals surface area contributed by atoms with Crippen molar-refractivity contribution >= 4 is 11.6 Å². The summed E-state index contributed by atoms with van der Waals surface area (Å²) in [6.07, 6.45) is 0. The van der Waals surface area contributed by atoms with Gasteiger partial charge < -0.3 is 15.2 Å². The molecule has 6 nitrogen and oxygen atoms in total. The molecule has 2 N–H and O–H groups in total. The number of amides is 1. The Morgan fingerprint density at radius 3 is 2.59 bits per heavy atom. The number of aromatic nitrogens is 2. The Morgan fingerprint density at radius 2 is 2.05 bits per heavy atom. The maximum absolute atomic E-state index is 12.3. The van der Waals surface area contributed by atoms with E-state index in [-0.39, 0.29) is 25.2 Å². The molecule has 0 aliphatic rings. The van der Waals surface area contributed by atoms with E-state index >= 15 is 0 Å². The molecule has 1 aromatic carbocycles. The zero-order chi connectivity index (χ0) is 16.1. The highest BCUT2D eigenvalue weighted by Gasteiger charge is 2.17. The first-order chi connectivity index (χ1) is 10.5. The summed E-state index contributed by atoms with van der Waals surface area (Å²) in [5, 5.41) is 15.9. The Kier molecular flexibility index (Phi) is 5.16. The topological polar surface area (TPSA) is 76.4 Å². The molecular weight excluding hydrogens is 282 g/mol. The van der Waals surface area contributed by atoms with E-state index < -0.39 is 0 Å². The largest absolute Gasteiger partial charge is 0.491 e. The van der Waals surface area contributed by atoms with Gasteiger partial charge in [-0.1, -0.05) is 0 Å². The van der Waals surface area contributed by atoms with E-state index in [0.29, 0.717) is 11.4 Å². The summed E-state index contributed by atoms with van der Waals surface area (Å²) in [5.41, 5.74) is 2.53. The molecule has 0 aliphatic heterocycles. The van der Waals surface area contributed by atoms with Crippen molar-refractivity contribution in [3.05, 3.63) is 41.7 Å². The van der Waals surface area contributed by atoms with E-state index in [1.165, 1.54) is 0 Å². The van der Waals surface area contributed by atoms with Crippen LogP contribution in [0.5, 0.6) is 5.75 Å². The summed E-state index contributed by atoms with van der Waals surface area (Å²) in [6.45, 7) is 5.86. The van der Waals surface area contributed by atoms with Crippen LogP contribution in [0.1, 0.15) is 24.4 Å². The Morgan fingerprint density at radius 1 is 1.36 bits per heavy atom. The molecule has 0 bridgehead atoms. The Balaban J connectivity index is 2.00. The van der Waals surface area contributed by atoms with Crippen LogP contribution in [0.3, 0.4) is 0 Å². The van der Waals surface area contributed by atoms with Crippen LogP contribution in [0.15, 0.2) is 30.3 Å². The molecule has 0 aliphatic carbocycles. The number of benzene rings is 1. The predicted molar refractivity (Wildman–Crippen MR) is 84.1 cm³/mol. The smallest absolute Gasteiger partial charge is 0.248 e. The van der Waals surface area contributed by atoms with Crippen molar-refractivity contribution < 1.29 is 14.6 Å². The van der Waals surface area contributed by atoms with E-state index in [1.54, 1.807) is 28.9 Å². The predicted octanol–water partition coefficient (Wildman–Crippen LogP) is 2.07. The number of aliphatic hydroxyl groups is 1. The third kappa shape index (κ3) is 3.85. The Labute approximate surface area is 129 Å². The number of nitrogens with one attached hydrogen (secondary N) is 1. The van der Waals surface area contributed by atoms with Crippen molar-refractivity contribution in [2.24, 2.45) is 0 Å². The zero-order valence-electron chi connectivity index (χ0n) is 13.0. The normalized spacial score (nSPS) is 12.0. The summed E-state index contributed by atoms with van der Waals surface area (Å²) in [4.78, 5) is 12.3. The van der Waals surface area contributed by atoms with Gasteiger partial charge >= 0.3 is 0 Å².